The first-order valence-corrected chi connectivity index (χ1v) is 8.84. The van der Waals surface area contributed by atoms with Gasteiger partial charge in [-0.1, -0.05) is 24.3 Å². The molecule has 1 heterocycles. The molecule has 124 valence electrons. The minimum atomic E-state index is -3.71. The number of nitrogens with zero attached hydrogens (tertiary/aromatic N) is 1. The highest BCUT2D eigenvalue weighted by atomic mass is 32.2. The number of esters is 1. The van der Waals surface area contributed by atoms with Crippen molar-refractivity contribution < 1.29 is 17.9 Å². The van der Waals surface area contributed by atoms with E-state index >= 15 is 0 Å². The fraction of sp³-hybridized carbons (Fsp3) is 0.176. The Morgan fingerprint density at radius 2 is 1.92 bits per heavy atom. The van der Waals surface area contributed by atoms with Gasteiger partial charge in [0.25, 0.3) is 0 Å². The standard InChI is InChI=1S/C17H16N2O4S/c1-23-16(20)10-8-12-7-9-15-14(11-12)17(19-18-15)24(21,22)13-5-3-2-4-6-13/h2-7,9,11H,8,10H2,1H3,(H,18,19). The molecular weight excluding hydrogens is 328 g/mol. The number of carbonyl (C=O) groups excluding carboxylic acids is 1. The van der Waals surface area contributed by atoms with E-state index in [9.17, 15) is 13.2 Å². The normalized spacial score (nSPS) is 11.5. The van der Waals surface area contributed by atoms with Crippen molar-refractivity contribution in [3.63, 3.8) is 0 Å². The Labute approximate surface area is 139 Å². The lowest BCUT2D eigenvalue weighted by atomic mass is 10.1. The summed E-state index contributed by atoms with van der Waals surface area (Å²) in [6, 6.07) is 13.5. The van der Waals surface area contributed by atoms with Gasteiger partial charge in [-0.3, -0.25) is 9.89 Å². The largest absolute Gasteiger partial charge is 0.469 e. The predicted octanol–water partition coefficient (Wildman–Crippen LogP) is 2.50. The van der Waals surface area contributed by atoms with E-state index in [-0.39, 0.29) is 22.3 Å². The van der Waals surface area contributed by atoms with Gasteiger partial charge in [-0.15, -0.1) is 0 Å². The molecule has 2 aromatic carbocycles. The second-order valence-corrected chi connectivity index (χ2v) is 7.17. The van der Waals surface area contributed by atoms with Crippen molar-refractivity contribution in [1.82, 2.24) is 10.2 Å². The maximum atomic E-state index is 12.8. The molecule has 0 saturated carbocycles. The molecule has 3 rings (SSSR count). The van der Waals surface area contributed by atoms with Crippen LogP contribution in [0.3, 0.4) is 0 Å². The number of rotatable bonds is 5. The molecule has 0 unspecified atom stereocenters. The van der Waals surface area contributed by atoms with Gasteiger partial charge in [0.1, 0.15) is 0 Å². The Morgan fingerprint density at radius 1 is 1.17 bits per heavy atom. The number of sulfone groups is 1. The smallest absolute Gasteiger partial charge is 0.305 e. The van der Waals surface area contributed by atoms with Gasteiger partial charge in [-0.2, -0.15) is 5.10 Å². The quantitative estimate of drug-likeness (QED) is 0.718. The molecule has 0 amide bonds. The third-order valence-electron chi connectivity index (χ3n) is 3.75. The number of methoxy groups -OCH3 is 1. The lowest BCUT2D eigenvalue weighted by Gasteiger charge is -2.03. The lowest BCUT2D eigenvalue weighted by Crippen LogP contribution is -2.03. The second kappa shape index (κ2) is 6.45. The Hall–Kier alpha value is -2.67. The van der Waals surface area contributed by atoms with Gasteiger partial charge in [-0.05, 0) is 36.2 Å². The number of fused-ring (bicyclic) bond motifs is 1. The first kappa shape index (κ1) is 16.2. The van der Waals surface area contributed by atoms with E-state index in [1.807, 2.05) is 6.07 Å². The van der Waals surface area contributed by atoms with E-state index in [0.29, 0.717) is 17.3 Å². The summed E-state index contributed by atoms with van der Waals surface area (Å²) >= 11 is 0. The topological polar surface area (TPSA) is 89.1 Å². The predicted molar refractivity (Wildman–Crippen MR) is 88.3 cm³/mol. The molecule has 0 atom stereocenters. The number of hydrogen-bond donors (Lipinski definition) is 1. The van der Waals surface area contributed by atoms with Crippen LogP contribution in [0.15, 0.2) is 58.5 Å². The molecule has 0 radical (unpaired) electrons. The molecule has 0 aliphatic carbocycles. The van der Waals surface area contributed by atoms with Gasteiger partial charge >= 0.3 is 5.97 Å². The lowest BCUT2D eigenvalue weighted by molar-refractivity contribution is -0.140. The molecule has 7 heteroatoms. The summed E-state index contributed by atoms with van der Waals surface area (Å²) in [6.45, 7) is 0. The van der Waals surface area contributed by atoms with Crippen LogP contribution < -0.4 is 0 Å². The molecule has 6 nitrogen and oxygen atoms in total. The molecule has 1 aromatic heterocycles. The average Bonchev–Trinajstić information content (AvgIpc) is 3.04. The van der Waals surface area contributed by atoms with Gasteiger partial charge in [0, 0.05) is 11.8 Å². The highest BCUT2D eigenvalue weighted by molar-refractivity contribution is 7.91. The SMILES string of the molecule is COC(=O)CCc1ccc2[nH]nc(S(=O)(=O)c3ccccc3)c2c1. The van der Waals surface area contributed by atoms with Gasteiger partial charge in [0.15, 0.2) is 5.03 Å². The number of carbonyl (C=O) groups is 1. The summed E-state index contributed by atoms with van der Waals surface area (Å²) in [6.07, 6.45) is 0.708. The minimum absolute atomic E-state index is 0.0105. The molecule has 0 aliphatic rings. The van der Waals surface area contributed by atoms with E-state index in [1.165, 1.54) is 19.2 Å². The summed E-state index contributed by atoms with van der Waals surface area (Å²) in [5, 5.41) is 7.24. The van der Waals surface area contributed by atoms with Crippen LogP contribution >= 0.6 is 0 Å². The average molecular weight is 344 g/mol. The van der Waals surface area contributed by atoms with Crippen molar-refractivity contribution in [3.05, 3.63) is 54.1 Å². The molecule has 0 spiro atoms. The van der Waals surface area contributed by atoms with Gasteiger partial charge in [0.2, 0.25) is 9.84 Å². The van der Waals surface area contributed by atoms with Crippen LogP contribution in [0.5, 0.6) is 0 Å². The zero-order valence-electron chi connectivity index (χ0n) is 13.0. The fourth-order valence-corrected chi connectivity index (χ4v) is 3.82. The molecule has 0 bridgehead atoms. The third kappa shape index (κ3) is 3.03. The monoisotopic (exact) mass is 344 g/mol. The van der Waals surface area contributed by atoms with Crippen molar-refractivity contribution in [2.24, 2.45) is 0 Å². The maximum Gasteiger partial charge on any atom is 0.305 e. The number of aromatic nitrogens is 2. The number of aryl methyl sites for hydroxylation is 1. The number of ether oxygens (including phenoxy) is 1. The first-order chi connectivity index (χ1) is 11.5. The van der Waals surface area contributed by atoms with Crippen molar-refractivity contribution in [2.45, 2.75) is 22.8 Å². The molecule has 1 N–H and O–H groups in total. The van der Waals surface area contributed by atoms with Crippen LogP contribution in [0, 0.1) is 0 Å². The molecule has 0 fully saturated rings. The van der Waals surface area contributed by atoms with Gasteiger partial charge in [-0.25, -0.2) is 8.42 Å². The minimum Gasteiger partial charge on any atom is -0.469 e. The summed E-state index contributed by atoms with van der Waals surface area (Å²) < 4.78 is 30.2. The van der Waals surface area contributed by atoms with E-state index in [4.69, 9.17) is 0 Å². The van der Waals surface area contributed by atoms with Crippen LogP contribution in [0.4, 0.5) is 0 Å². The highest BCUT2D eigenvalue weighted by Gasteiger charge is 2.23. The van der Waals surface area contributed by atoms with Gasteiger partial charge < -0.3 is 4.74 Å². The van der Waals surface area contributed by atoms with Crippen molar-refractivity contribution in [1.29, 1.82) is 0 Å². The van der Waals surface area contributed by atoms with E-state index in [2.05, 4.69) is 14.9 Å². The Morgan fingerprint density at radius 3 is 2.62 bits per heavy atom. The molecule has 24 heavy (non-hydrogen) atoms. The van der Waals surface area contributed by atoms with Crippen LogP contribution in [0.25, 0.3) is 10.9 Å². The number of nitrogens with one attached hydrogen (secondary N) is 1. The first-order valence-electron chi connectivity index (χ1n) is 7.36. The van der Waals surface area contributed by atoms with Crippen LogP contribution in [0.2, 0.25) is 0 Å². The molecule has 0 aliphatic heterocycles. The molecular formula is C17H16N2O4S. The zero-order chi connectivity index (χ0) is 17.2. The van der Waals surface area contributed by atoms with E-state index in [0.717, 1.165) is 5.56 Å². The Balaban J connectivity index is 2.02. The Kier molecular flexibility index (Phi) is 4.35. The maximum absolute atomic E-state index is 12.8. The van der Waals surface area contributed by atoms with E-state index < -0.39 is 9.84 Å². The Bertz CT molecular complexity index is 978. The van der Waals surface area contributed by atoms with Crippen molar-refractivity contribution in [3.8, 4) is 0 Å². The summed E-state index contributed by atoms with van der Waals surface area (Å²) in [5.74, 6) is -0.306. The van der Waals surface area contributed by atoms with Crippen LogP contribution in [-0.4, -0.2) is 31.7 Å². The number of hydrogen-bond acceptors (Lipinski definition) is 5. The molecule has 0 saturated heterocycles. The number of H-pyrrole nitrogens is 1. The second-order valence-electron chi connectivity index (χ2n) is 5.30. The summed E-state index contributed by atoms with van der Waals surface area (Å²) in [4.78, 5) is 11.5. The number of aromatic amines is 1. The highest BCUT2D eigenvalue weighted by Crippen LogP contribution is 2.27. The van der Waals surface area contributed by atoms with Crippen LogP contribution in [-0.2, 0) is 25.8 Å². The third-order valence-corrected chi connectivity index (χ3v) is 5.46. The van der Waals surface area contributed by atoms with Crippen LogP contribution in [0.1, 0.15) is 12.0 Å². The van der Waals surface area contributed by atoms with Crippen molar-refractivity contribution in [2.75, 3.05) is 7.11 Å². The van der Waals surface area contributed by atoms with E-state index in [1.54, 1.807) is 30.3 Å². The number of benzene rings is 2. The van der Waals surface area contributed by atoms with Gasteiger partial charge in [0.05, 0.1) is 17.5 Å². The zero-order valence-corrected chi connectivity index (χ0v) is 13.8. The summed E-state index contributed by atoms with van der Waals surface area (Å²) in [7, 11) is -2.37. The van der Waals surface area contributed by atoms with Crippen molar-refractivity contribution >= 4 is 26.7 Å². The molecule has 3 aromatic rings. The summed E-state index contributed by atoms with van der Waals surface area (Å²) in [5.41, 5.74) is 1.48. The fourth-order valence-electron chi connectivity index (χ4n) is 2.46.